The van der Waals surface area contributed by atoms with Gasteiger partial charge < -0.3 is 9.47 Å². The lowest BCUT2D eigenvalue weighted by Crippen LogP contribution is -2.08. The number of hydrogen-bond acceptors (Lipinski definition) is 6. The maximum Gasteiger partial charge on any atom is 0.231 e. The van der Waals surface area contributed by atoms with Crippen LogP contribution >= 0.6 is 11.3 Å². The van der Waals surface area contributed by atoms with Crippen molar-refractivity contribution in [2.45, 2.75) is 26.2 Å². The molecule has 0 fully saturated rings. The molecule has 0 bridgehead atoms. The van der Waals surface area contributed by atoms with Gasteiger partial charge in [-0.2, -0.15) is 0 Å². The molecule has 0 radical (unpaired) electrons. The fourth-order valence-electron chi connectivity index (χ4n) is 3.27. The van der Waals surface area contributed by atoms with Gasteiger partial charge in [-0.1, -0.05) is 6.92 Å². The average molecular weight is 354 g/mol. The first kappa shape index (κ1) is 16.0. The molecule has 0 unspecified atom stereocenters. The van der Waals surface area contributed by atoms with Gasteiger partial charge in [0.2, 0.25) is 5.88 Å². The molecule has 1 aliphatic rings. The van der Waals surface area contributed by atoms with Gasteiger partial charge in [0.05, 0.1) is 12.5 Å². The topological polar surface area (TPSA) is 61.3 Å². The summed E-state index contributed by atoms with van der Waals surface area (Å²) in [4.78, 5) is 22.2. The minimum absolute atomic E-state index is 0.483. The fourth-order valence-corrected chi connectivity index (χ4v) is 4.62. The maximum atomic E-state index is 11.1. The van der Waals surface area contributed by atoms with Crippen molar-refractivity contribution in [2.24, 2.45) is 5.92 Å². The molecular weight excluding hydrogens is 336 g/mol. The van der Waals surface area contributed by atoms with Gasteiger partial charge in [0.25, 0.3) is 0 Å². The van der Waals surface area contributed by atoms with Gasteiger partial charge >= 0.3 is 0 Å². The summed E-state index contributed by atoms with van der Waals surface area (Å²) in [5.41, 5.74) is 1.83. The summed E-state index contributed by atoms with van der Waals surface area (Å²) in [6, 6.07) is 5.09. The van der Waals surface area contributed by atoms with Crippen LogP contribution < -0.4 is 9.47 Å². The highest BCUT2D eigenvalue weighted by Crippen LogP contribution is 2.42. The summed E-state index contributed by atoms with van der Waals surface area (Å²) in [5, 5.41) is 0.993. The van der Waals surface area contributed by atoms with Gasteiger partial charge in [-0.25, -0.2) is 9.97 Å². The molecule has 6 heteroatoms. The third kappa shape index (κ3) is 2.87. The average Bonchev–Trinajstić information content (AvgIpc) is 3.00. The number of hydrogen-bond donors (Lipinski definition) is 0. The Morgan fingerprint density at radius 1 is 1.28 bits per heavy atom. The fraction of sp³-hybridized carbons (Fsp3) is 0.316. The molecule has 0 saturated carbocycles. The highest BCUT2D eigenvalue weighted by atomic mass is 32.1. The van der Waals surface area contributed by atoms with E-state index in [0.717, 1.165) is 35.8 Å². The first-order chi connectivity index (χ1) is 12.2. The van der Waals surface area contributed by atoms with Crippen molar-refractivity contribution in [3.8, 4) is 17.4 Å². The normalized spacial score (nSPS) is 16.5. The summed E-state index contributed by atoms with van der Waals surface area (Å²) >= 11 is 1.73. The summed E-state index contributed by atoms with van der Waals surface area (Å²) < 4.78 is 11.4. The molecule has 4 rings (SSSR count). The van der Waals surface area contributed by atoms with Gasteiger partial charge in [0, 0.05) is 10.4 Å². The Kier molecular flexibility index (Phi) is 4.13. The van der Waals surface area contributed by atoms with Crippen LogP contribution in [0.5, 0.6) is 17.4 Å². The molecule has 25 heavy (non-hydrogen) atoms. The zero-order valence-corrected chi connectivity index (χ0v) is 14.9. The van der Waals surface area contributed by atoms with E-state index < -0.39 is 0 Å². The predicted octanol–water partition coefficient (Wildman–Crippen LogP) is 4.43. The number of carbonyl (C=O) groups is 1. The first-order valence-electron chi connectivity index (χ1n) is 8.26. The molecule has 128 valence electrons. The number of ether oxygens (including phenoxy) is 2. The quantitative estimate of drug-likeness (QED) is 0.649. The van der Waals surface area contributed by atoms with Crippen LogP contribution in [0, 0.1) is 5.92 Å². The van der Waals surface area contributed by atoms with Gasteiger partial charge in [-0.05, 0) is 48.9 Å². The van der Waals surface area contributed by atoms with Crippen LogP contribution in [0.4, 0.5) is 0 Å². The Balaban J connectivity index is 1.81. The number of aryl methyl sites for hydroxylation is 1. The highest BCUT2D eigenvalue weighted by molar-refractivity contribution is 7.18. The number of thiophene rings is 1. The Bertz CT molecular complexity index is 951. The number of methoxy groups -OCH3 is 1. The summed E-state index contributed by atoms with van der Waals surface area (Å²) in [6.07, 6.45) is 5.58. The lowest BCUT2D eigenvalue weighted by molar-refractivity contribution is 0.112. The molecule has 0 saturated heterocycles. The molecule has 5 nitrogen and oxygen atoms in total. The SMILES string of the molecule is COc1ccc(C=O)cc1Oc1ncnc2sc3c(c12)CC[C@@H](C)C3. The van der Waals surface area contributed by atoms with Gasteiger partial charge in [-0.15, -0.1) is 11.3 Å². The van der Waals surface area contributed by atoms with Crippen molar-refractivity contribution in [1.82, 2.24) is 9.97 Å². The maximum absolute atomic E-state index is 11.1. The van der Waals surface area contributed by atoms with Crippen LogP contribution in [0.1, 0.15) is 34.1 Å². The van der Waals surface area contributed by atoms with Crippen molar-refractivity contribution in [3.05, 3.63) is 40.5 Å². The third-order valence-corrected chi connectivity index (χ3v) is 5.75. The van der Waals surface area contributed by atoms with Crippen molar-refractivity contribution < 1.29 is 14.3 Å². The summed E-state index contributed by atoms with van der Waals surface area (Å²) in [7, 11) is 1.58. The molecule has 0 aliphatic heterocycles. The number of fused-ring (bicyclic) bond motifs is 3. The second kappa shape index (κ2) is 6.44. The molecule has 1 aromatic carbocycles. The lowest BCUT2D eigenvalue weighted by Gasteiger charge is -2.18. The Hall–Kier alpha value is -2.47. The molecule has 3 aromatic rings. The molecule has 1 aliphatic carbocycles. The van der Waals surface area contributed by atoms with E-state index in [1.54, 1.807) is 36.6 Å². The molecule has 2 heterocycles. The van der Waals surface area contributed by atoms with Crippen molar-refractivity contribution in [3.63, 3.8) is 0 Å². The van der Waals surface area contributed by atoms with E-state index in [1.165, 1.54) is 16.8 Å². The molecule has 1 atom stereocenters. The van der Waals surface area contributed by atoms with Crippen LogP contribution in [0.15, 0.2) is 24.5 Å². The van der Waals surface area contributed by atoms with Crippen LogP contribution in [0.2, 0.25) is 0 Å². The summed E-state index contributed by atoms with van der Waals surface area (Å²) in [6.45, 7) is 2.28. The highest BCUT2D eigenvalue weighted by Gasteiger charge is 2.24. The van der Waals surface area contributed by atoms with E-state index in [-0.39, 0.29) is 0 Å². The van der Waals surface area contributed by atoms with Crippen LogP contribution in [-0.2, 0) is 12.8 Å². The molecule has 0 spiro atoms. The summed E-state index contributed by atoms with van der Waals surface area (Å²) in [5.74, 6) is 2.27. The van der Waals surface area contributed by atoms with Crippen LogP contribution in [0.25, 0.3) is 10.2 Å². The Morgan fingerprint density at radius 2 is 2.16 bits per heavy atom. The number of aldehydes is 1. The number of nitrogens with zero attached hydrogens (tertiary/aromatic N) is 2. The molecular formula is C19H18N2O3S. The van der Waals surface area contributed by atoms with E-state index in [1.807, 2.05) is 0 Å². The smallest absolute Gasteiger partial charge is 0.231 e. The monoisotopic (exact) mass is 354 g/mol. The third-order valence-electron chi connectivity index (χ3n) is 4.59. The molecule has 0 N–H and O–H groups in total. The van der Waals surface area contributed by atoms with Crippen molar-refractivity contribution in [2.75, 3.05) is 7.11 Å². The van der Waals surface area contributed by atoms with Crippen molar-refractivity contribution >= 4 is 27.8 Å². The minimum atomic E-state index is 0.483. The number of aromatic nitrogens is 2. The minimum Gasteiger partial charge on any atom is -0.493 e. The largest absolute Gasteiger partial charge is 0.493 e. The molecule has 0 amide bonds. The predicted molar refractivity (Wildman–Crippen MR) is 97.1 cm³/mol. The van der Waals surface area contributed by atoms with E-state index in [2.05, 4.69) is 16.9 Å². The Labute approximate surface area is 149 Å². The van der Waals surface area contributed by atoms with E-state index >= 15 is 0 Å². The standard InChI is InChI=1S/C19H18N2O3S/c1-11-3-5-13-16(7-11)25-19-17(13)18(20-10-21-19)24-15-8-12(9-22)4-6-14(15)23-2/h4,6,8-11H,3,5,7H2,1-2H3/t11-/m1/s1. The van der Waals surface area contributed by atoms with Crippen molar-refractivity contribution in [1.29, 1.82) is 0 Å². The zero-order valence-electron chi connectivity index (χ0n) is 14.1. The van der Waals surface area contributed by atoms with Crippen LogP contribution in [0.3, 0.4) is 0 Å². The second-order valence-electron chi connectivity index (χ2n) is 6.34. The van der Waals surface area contributed by atoms with E-state index in [9.17, 15) is 4.79 Å². The number of rotatable bonds is 4. The second-order valence-corrected chi connectivity index (χ2v) is 7.42. The zero-order chi connectivity index (χ0) is 17.4. The van der Waals surface area contributed by atoms with E-state index in [4.69, 9.17) is 9.47 Å². The number of carbonyl (C=O) groups excluding carboxylic acids is 1. The number of benzene rings is 1. The van der Waals surface area contributed by atoms with Gasteiger partial charge in [0.15, 0.2) is 11.5 Å². The van der Waals surface area contributed by atoms with E-state index in [0.29, 0.717) is 28.9 Å². The first-order valence-corrected chi connectivity index (χ1v) is 9.07. The van der Waals surface area contributed by atoms with Gasteiger partial charge in [0.1, 0.15) is 17.4 Å². The Morgan fingerprint density at radius 3 is 2.96 bits per heavy atom. The van der Waals surface area contributed by atoms with Crippen LogP contribution in [-0.4, -0.2) is 23.4 Å². The van der Waals surface area contributed by atoms with Gasteiger partial charge in [-0.3, -0.25) is 4.79 Å². The lowest BCUT2D eigenvalue weighted by atomic mass is 9.89. The molecule has 2 aromatic heterocycles.